The van der Waals surface area contributed by atoms with Crippen LogP contribution >= 0.6 is 11.8 Å². The molecule has 1 aromatic rings. The van der Waals surface area contributed by atoms with Crippen LogP contribution in [0.4, 0.5) is 0 Å². The minimum Gasteiger partial charge on any atom is -0.497 e. The van der Waals surface area contributed by atoms with E-state index in [0.29, 0.717) is 0 Å². The van der Waals surface area contributed by atoms with Gasteiger partial charge >= 0.3 is 5.97 Å². The molecule has 0 saturated carbocycles. The Balaban J connectivity index is 2.97. The molecule has 0 fully saturated rings. The van der Waals surface area contributed by atoms with Gasteiger partial charge in [-0.15, -0.1) is 11.8 Å². The monoisotopic (exact) mass is 226 g/mol. The number of methoxy groups -OCH3 is 1. The van der Waals surface area contributed by atoms with Crippen molar-refractivity contribution in [3.63, 3.8) is 0 Å². The first-order chi connectivity index (χ1) is 7.17. The number of rotatable bonds is 5. The molecule has 0 aromatic heterocycles. The molecular formula is C11H14O3S. The zero-order valence-corrected chi connectivity index (χ0v) is 9.63. The molecule has 0 unspecified atom stereocenters. The Labute approximate surface area is 93.4 Å². The number of carboxylic acid groups (broad SMARTS) is 1. The number of aliphatic carboxylic acids is 1. The standard InChI is InChI=1S/C11H14O3S/c1-3-15-10-7-9(14-2)5-4-8(10)6-11(12)13/h4-5,7H,3,6H2,1-2H3,(H,12,13). The van der Waals surface area contributed by atoms with E-state index >= 15 is 0 Å². The minimum absolute atomic E-state index is 0.0618. The summed E-state index contributed by atoms with van der Waals surface area (Å²) in [6, 6.07) is 5.48. The molecule has 82 valence electrons. The van der Waals surface area contributed by atoms with Crippen LogP contribution < -0.4 is 4.74 Å². The highest BCUT2D eigenvalue weighted by molar-refractivity contribution is 7.99. The van der Waals surface area contributed by atoms with Crippen LogP contribution in [0.2, 0.25) is 0 Å². The van der Waals surface area contributed by atoms with Crippen molar-refractivity contribution < 1.29 is 14.6 Å². The lowest BCUT2D eigenvalue weighted by Gasteiger charge is -2.08. The van der Waals surface area contributed by atoms with Gasteiger partial charge in [-0.1, -0.05) is 13.0 Å². The molecule has 0 saturated heterocycles. The van der Waals surface area contributed by atoms with E-state index in [2.05, 4.69) is 0 Å². The topological polar surface area (TPSA) is 46.5 Å². The van der Waals surface area contributed by atoms with Gasteiger partial charge in [0, 0.05) is 4.90 Å². The van der Waals surface area contributed by atoms with E-state index in [0.717, 1.165) is 22.0 Å². The van der Waals surface area contributed by atoms with E-state index in [9.17, 15) is 4.79 Å². The van der Waals surface area contributed by atoms with Gasteiger partial charge in [0.05, 0.1) is 13.5 Å². The maximum absolute atomic E-state index is 10.6. The third kappa shape index (κ3) is 3.47. The molecule has 0 atom stereocenters. The van der Waals surface area contributed by atoms with Crippen molar-refractivity contribution >= 4 is 17.7 Å². The van der Waals surface area contributed by atoms with Gasteiger partial charge in [0.15, 0.2) is 0 Å². The minimum atomic E-state index is -0.807. The number of hydrogen-bond acceptors (Lipinski definition) is 3. The summed E-state index contributed by atoms with van der Waals surface area (Å²) in [5, 5.41) is 8.75. The average molecular weight is 226 g/mol. The predicted octanol–water partition coefficient (Wildman–Crippen LogP) is 2.43. The molecule has 1 rings (SSSR count). The van der Waals surface area contributed by atoms with E-state index in [1.165, 1.54) is 0 Å². The molecule has 4 heteroatoms. The van der Waals surface area contributed by atoms with E-state index in [-0.39, 0.29) is 6.42 Å². The molecule has 15 heavy (non-hydrogen) atoms. The van der Waals surface area contributed by atoms with Crippen molar-refractivity contribution in [1.82, 2.24) is 0 Å². The summed E-state index contributed by atoms with van der Waals surface area (Å²) in [4.78, 5) is 11.6. The van der Waals surface area contributed by atoms with Crippen molar-refractivity contribution in [2.45, 2.75) is 18.2 Å². The highest BCUT2D eigenvalue weighted by atomic mass is 32.2. The van der Waals surface area contributed by atoms with Gasteiger partial charge in [-0.3, -0.25) is 4.79 Å². The lowest BCUT2D eigenvalue weighted by molar-refractivity contribution is -0.136. The SMILES string of the molecule is CCSc1cc(OC)ccc1CC(=O)O. The van der Waals surface area contributed by atoms with Crippen molar-refractivity contribution in [2.24, 2.45) is 0 Å². The molecule has 3 nitrogen and oxygen atoms in total. The summed E-state index contributed by atoms with van der Waals surface area (Å²) in [7, 11) is 1.60. The molecule has 1 aromatic carbocycles. The van der Waals surface area contributed by atoms with Gasteiger partial charge < -0.3 is 9.84 Å². The quantitative estimate of drug-likeness (QED) is 0.783. The normalized spacial score (nSPS) is 10.0. The fourth-order valence-corrected chi connectivity index (χ4v) is 2.10. The average Bonchev–Trinajstić information content (AvgIpc) is 2.20. The first kappa shape index (κ1) is 11.9. The van der Waals surface area contributed by atoms with Gasteiger partial charge in [-0.25, -0.2) is 0 Å². The maximum atomic E-state index is 10.6. The van der Waals surface area contributed by atoms with Crippen LogP contribution in [0.25, 0.3) is 0 Å². The number of carbonyl (C=O) groups is 1. The van der Waals surface area contributed by atoms with Crippen LogP contribution in [0.1, 0.15) is 12.5 Å². The highest BCUT2D eigenvalue weighted by Gasteiger charge is 2.08. The zero-order valence-electron chi connectivity index (χ0n) is 8.82. The van der Waals surface area contributed by atoms with Crippen LogP contribution in [-0.2, 0) is 11.2 Å². The van der Waals surface area contributed by atoms with Crippen molar-refractivity contribution in [2.75, 3.05) is 12.9 Å². The molecule has 0 bridgehead atoms. The molecule has 0 aliphatic carbocycles. The molecule has 1 N–H and O–H groups in total. The van der Waals surface area contributed by atoms with Crippen molar-refractivity contribution in [3.8, 4) is 5.75 Å². The third-order valence-corrected chi connectivity index (χ3v) is 2.90. The first-order valence-corrected chi connectivity index (χ1v) is 5.67. The molecule has 0 heterocycles. The molecular weight excluding hydrogens is 212 g/mol. The summed E-state index contributed by atoms with van der Waals surface area (Å²) < 4.78 is 5.10. The summed E-state index contributed by atoms with van der Waals surface area (Å²) in [6.45, 7) is 2.04. The summed E-state index contributed by atoms with van der Waals surface area (Å²) in [6.07, 6.45) is 0.0618. The number of hydrogen-bond donors (Lipinski definition) is 1. The second-order valence-corrected chi connectivity index (χ2v) is 4.28. The van der Waals surface area contributed by atoms with Crippen LogP contribution in [0, 0.1) is 0 Å². The Morgan fingerprint density at radius 2 is 2.27 bits per heavy atom. The van der Waals surface area contributed by atoms with Crippen LogP contribution in [0.15, 0.2) is 23.1 Å². The largest absolute Gasteiger partial charge is 0.497 e. The van der Waals surface area contributed by atoms with Gasteiger partial charge in [-0.2, -0.15) is 0 Å². The second kappa shape index (κ2) is 5.66. The van der Waals surface area contributed by atoms with E-state index in [4.69, 9.17) is 9.84 Å². The Morgan fingerprint density at radius 3 is 2.80 bits per heavy atom. The second-order valence-electron chi connectivity index (χ2n) is 2.98. The van der Waals surface area contributed by atoms with Crippen molar-refractivity contribution in [3.05, 3.63) is 23.8 Å². The summed E-state index contributed by atoms with van der Waals surface area (Å²) in [5.74, 6) is 0.873. The Morgan fingerprint density at radius 1 is 1.53 bits per heavy atom. The predicted molar refractivity (Wildman–Crippen MR) is 60.7 cm³/mol. The van der Waals surface area contributed by atoms with E-state index in [1.54, 1.807) is 24.9 Å². The Hall–Kier alpha value is -1.16. The molecule has 0 aliphatic heterocycles. The van der Waals surface area contributed by atoms with Gasteiger partial charge in [0.2, 0.25) is 0 Å². The smallest absolute Gasteiger partial charge is 0.307 e. The van der Waals surface area contributed by atoms with E-state index < -0.39 is 5.97 Å². The Bertz CT molecular complexity index is 350. The van der Waals surface area contributed by atoms with Gasteiger partial charge in [0.1, 0.15) is 5.75 Å². The molecule has 0 radical (unpaired) electrons. The summed E-state index contributed by atoms with van der Waals surface area (Å²) >= 11 is 1.63. The molecule has 0 aliphatic rings. The number of ether oxygens (including phenoxy) is 1. The summed E-state index contributed by atoms with van der Waals surface area (Å²) in [5.41, 5.74) is 0.843. The Kier molecular flexibility index (Phi) is 4.49. The van der Waals surface area contributed by atoms with Crippen molar-refractivity contribution in [1.29, 1.82) is 0 Å². The lowest BCUT2D eigenvalue weighted by Crippen LogP contribution is -2.01. The molecule has 0 spiro atoms. The zero-order chi connectivity index (χ0) is 11.3. The lowest BCUT2D eigenvalue weighted by atomic mass is 10.1. The van der Waals surface area contributed by atoms with E-state index in [1.807, 2.05) is 19.1 Å². The van der Waals surface area contributed by atoms with Crippen LogP contribution in [0.3, 0.4) is 0 Å². The number of carboxylic acids is 1. The number of thioether (sulfide) groups is 1. The van der Waals surface area contributed by atoms with Crippen LogP contribution in [-0.4, -0.2) is 23.9 Å². The third-order valence-electron chi connectivity index (χ3n) is 1.92. The maximum Gasteiger partial charge on any atom is 0.307 e. The highest BCUT2D eigenvalue weighted by Crippen LogP contribution is 2.27. The fourth-order valence-electron chi connectivity index (χ4n) is 1.26. The fraction of sp³-hybridized carbons (Fsp3) is 0.364. The van der Waals surface area contributed by atoms with Gasteiger partial charge in [0.25, 0.3) is 0 Å². The first-order valence-electron chi connectivity index (χ1n) is 4.69. The van der Waals surface area contributed by atoms with Gasteiger partial charge in [-0.05, 0) is 23.4 Å². The van der Waals surface area contributed by atoms with Crippen LogP contribution in [0.5, 0.6) is 5.75 Å². The number of benzene rings is 1. The molecule has 0 amide bonds.